The highest BCUT2D eigenvalue weighted by Crippen LogP contribution is 2.08. The zero-order valence-electron chi connectivity index (χ0n) is 6.78. The quantitative estimate of drug-likeness (QED) is 0.541. The molecule has 0 aliphatic heterocycles. The van der Waals surface area contributed by atoms with E-state index in [1.165, 1.54) is 0 Å². The summed E-state index contributed by atoms with van der Waals surface area (Å²) in [6.07, 6.45) is -1.03. The average Bonchev–Trinajstić information content (AvgIpc) is 2.09. The molecule has 1 N–H and O–H groups in total. The van der Waals surface area contributed by atoms with Gasteiger partial charge in [0.15, 0.2) is 6.29 Å². The summed E-state index contributed by atoms with van der Waals surface area (Å²) in [5, 5.41) is 13.2. The van der Waals surface area contributed by atoms with Crippen LogP contribution in [0, 0.1) is 6.92 Å². The van der Waals surface area contributed by atoms with Crippen molar-refractivity contribution in [2.24, 2.45) is 0 Å². The van der Waals surface area contributed by atoms with Gasteiger partial charge in [-0.1, -0.05) is 17.7 Å². The minimum Gasteiger partial charge on any atom is -0.352 e. The second kappa shape index (κ2) is 3.88. The van der Waals surface area contributed by atoms with Crippen LogP contribution in [0.4, 0.5) is 5.69 Å². The van der Waals surface area contributed by atoms with Crippen molar-refractivity contribution < 1.29 is 9.90 Å². The molecule has 0 saturated heterocycles. The van der Waals surface area contributed by atoms with E-state index in [0.29, 0.717) is 12.0 Å². The second-order valence-electron chi connectivity index (χ2n) is 2.57. The van der Waals surface area contributed by atoms with Gasteiger partial charge in [0.1, 0.15) is 0 Å². The smallest absolute Gasteiger partial charge is 0.218 e. The first-order valence-corrected chi connectivity index (χ1v) is 3.66. The Labute approximate surface area is 71.0 Å². The zero-order chi connectivity index (χ0) is 8.97. The zero-order valence-corrected chi connectivity index (χ0v) is 6.78. The van der Waals surface area contributed by atoms with E-state index in [1.807, 2.05) is 19.1 Å². The van der Waals surface area contributed by atoms with Gasteiger partial charge in [-0.15, -0.1) is 0 Å². The number of benzene rings is 1. The lowest BCUT2D eigenvalue weighted by Crippen LogP contribution is -2.17. The maximum absolute atomic E-state index is 10.7. The molecule has 3 heteroatoms. The van der Waals surface area contributed by atoms with Crippen LogP contribution in [0.1, 0.15) is 5.56 Å². The molecule has 0 spiro atoms. The SMILES string of the molecule is Cc1ccc(NC([O])C=O)cc1. The van der Waals surface area contributed by atoms with Gasteiger partial charge >= 0.3 is 0 Å². The molecule has 0 amide bonds. The number of hydrogen-bond acceptors (Lipinski definition) is 2. The summed E-state index contributed by atoms with van der Waals surface area (Å²) in [7, 11) is 0. The molecule has 63 valence electrons. The molecule has 12 heavy (non-hydrogen) atoms. The summed E-state index contributed by atoms with van der Waals surface area (Å²) < 4.78 is 0. The molecule has 1 aromatic rings. The Balaban J connectivity index is 2.64. The Bertz CT molecular complexity index is 256. The van der Waals surface area contributed by atoms with Crippen LogP contribution in [-0.2, 0) is 9.90 Å². The van der Waals surface area contributed by atoms with Crippen LogP contribution in [-0.4, -0.2) is 12.5 Å². The number of hydrogen-bond donors (Lipinski definition) is 1. The molecule has 1 radical (unpaired) electrons. The third kappa shape index (κ3) is 2.36. The Hall–Kier alpha value is -1.35. The third-order valence-corrected chi connectivity index (χ3v) is 1.48. The highest BCUT2D eigenvalue weighted by atomic mass is 16.3. The number of aryl methyl sites for hydroxylation is 1. The van der Waals surface area contributed by atoms with E-state index in [0.717, 1.165) is 5.56 Å². The molecule has 1 aromatic carbocycles. The van der Waals surface area contributed by atoms with E-state index in [2.05, 4.69) is 5.32 Å². The van der Waals surface area contributed by atoms with Crippen LogP contribution in [0.25, 0.3) is 0 Å². The van der Waals surface area contributed by atoms with Crippen molar-refractivity contribution in [2.75, 3.05) is 5.32 Å². The first kappa shape index (κ1) is 8.74. The van der Waals surface area contributed by atoms with Crippen molar-refractivity contribution in [3.63, 3.8) is 0 Å². The molecule has 0 aliphatic rings. The van der Waals surface area contributed by atoms with E-state index in [1.54, 1.807) is 12.1 Å². The van der Waals surface area contributed by atoms with Gasteiger partial charge in [-0.05, 0) is 19.1 Å². The minimum atomic E-state index is -1.37. The third-order valence-electron chi connectivity index (χ3n) is 1.48. The van der Waals surface area contributed by atoms with E-state index in [9.17, 15) is 9.90 Å². The molecule has 0 aliphatic carbocycles. The normalized spacial score (nSPS) is 12.2. The van der Waals surface area contributed by atoms with Crippen molar-refractivity contribution in [2.45, 2.75) is 13.2 Å². The number of carbonyl (C=O) groups is 1. The van der Waals surface area contributed by atoms with Crippen LogP contribution in [0.5, 0.6) is 0 Å². The predicted molar refractivity (Wildman–Crippen MR) is 45.3 cm³/mol. The highest BCUT2D eigenvalue weighted by Gasteiger charge is 2.01. The summed E-state index contributed by atoms with van der Waals surface area (Å²) in [5.41, 5.74) is 1.79. The number of aldehydes is 1. The van der Waals surface area contributed by atoms with Crippen molar-refractivity contribution in [3.05, 3.63) is 29.8 Å². The molecular weight excluding hydrogens is 154 g/mol. The fraction of sp³-hybridized carbons (Fsp3) is 0.222. The maximum Gasteiger partial charge on any atom is 0.218 e. The summed E-state index contributed by atoms with van der Waals surface area (Å²) in [4.78, 5) is 10.0. The Morgan fingerprint density at radius 2 is 1.92 bits per heavy atom. The summed E-state index contributed by atoms with van der Waals surface area (Å²) in [6, 6.07) is 7.28. The lowest BCUT2D eigenvalue weighted by atomic mass is 10.2. The Morgan fingerprint density at radius 1 is 1.33 bits per heavy atom. The Morgan fingerprint density at radius 3 is 2.42 bits per heavy atom. The molecule has 1 unspecified atom stereocenters. The van der Waals surface area contributed by atoms with Crippen molar-refractivity contribution in [1.82, 2.24) is 0 Å². The average molecular weight is 164 g/mol. The van der Waals surface area contributed by atoms with Gasteiger partial charge in [0.25, 0.3) is 0 Å². The monoisotopic (exact) mass is 164 g/mol. The van der Waals surface area contributed by atoms with Gasteiger partial charge in [-0.2, -0.15) is 0 Å². The summed E-state index contributed by atoms with van der Waals surface area (Å²) >= 11 is 0. The molecule has 0 fully saturated rings. The first-order chi connectivity index (χ1) is 5.72. The fourth-order valence-corrected chi connectivity index (χ4v) is 0.848. The van der Waals surface area contributed by atoms with Crippen LogP contribution >= 0.6 is 0 Å². The number of anilines is 1. The van der Waals surface area contributed by atoms with E-state index < -0.39 is 6.23 Å². The van der Waals surface area contributed by atoms with Crippen LogP contribution in [0.3, 0.4) is 0 Å². The molecular formula is C9H10NO2. The number of carbonyl (C=O) groups excluding carboxylic acids is 1. The van der Waals surface area contributed by atoms with Crippen molar-refractivity contribution >= 4 is 12.0 Å². The predicted octanol–water partition coefficient (Wildman–Crippen LogP) is 1.36. The standard InChI is InChI=1S/C9H10NO2/c1-7-2-4-8(5-3-7)10-9(12)6-11/h2-6,9-10H,1H3. The van der Waals surface area contributed by atoms with Crippen LogP contribution < -0.4 is 5.32 Å². The molecule has 0 bridgehead atoms. The molecule has 3 nitrogen and oxygen atoms in total. The van der Waals surface area contributed by atoms with Crippen molar-refractivity contribution in [3.8, 4) is 0 Å². The van der Waals surface area contributed by atoms with Gasteiger partial charge < -0.3 is 5.32 Å². The van der Waals surface area contributed by atoms with Gasteiger partial charge in [0, 0.05) is 5.69 Å². The molecule has 1 rings (SSSR count). The van der Waals surface area contributed by atoms with Crippen molar-refractivity contribution in [1.29, 1.82) is 0 Å². The number of rotatable bonds is 3. The second-order valence-corrected chi connectivity index (χ2v) is 2.57. The molecule has 0 saturated carbocycles. The molecule has 1 atom stereocenters. The Kier molecular flexibility index (Phi) is 2.82. The maximum atomic E-state index is 10.7. The van der Waals surface area contributed by atoms with Gasteiger partial charge in [-0.3, -0.25) is 4.79 Å². The van der Waals surface area contributed by atoms with Gasteiger partial charge in [0.2, 0.25) is 6.23 Å². The first-order valence-electron chi connectivity index (χ1n) is 3.66. The highest BCUT2D eigenvalue weighted by molar-refractivity contribution is 5.61. The topological polar surface area (TPSA) is 49.0 Å². The summed E-state index contributed by atoms with van der Waals surface area (Å²) in [5.74, 6) is 0. The lowest BCUT2D eigenvalue weighted by molar-refractivity contribution is -0.116. The van der Waals surface area contributed by atoms with Crippen LogP contribution in [0.15, 0.2) is 24.3 Å². The lowest BCUT2D eigenvalue weighted by Gasteiger charge is -2.05. The molecule has 0 heterocycles. The van der Waals surface area contributed by atoms with Crippen LogP contribution in [0.2, 0.25) is 0 Å². The molecule has 0 aromatic heterocycles. The summed E-state index contributed by atoms with van der Waals surface area (Å²) in [6.45, 7) is 1.96. The fourth-order valence-electron chi connectivity index (χ4n) is 0.848. The minimum absolute atomic E-state index is 0.333. The van der Waals surface area contributed by atoms with Gasteiger partial charge in [-0.25, -0.2) is 5.11 Å². The largest absolute Gasteiger partial charge is 0.352 e. The van der Waals surface area contributed by atoms with Gasteiger partial charge in [0.05, 0.1) is 0 Å². The van der Waals surface area contributed by atoms with E-state index in [-0.39, 0.29) is 0 Å². The van der Waals surface area contributed by atoms with E-state index >= 15 is 0 Å². The van der Waals surface area contributed by atoms with E-state index in [4.69, 9.17) is 0 Å². The number of nitrogens with one attached hydrogen (secondary N) is 1.